The minimum absolute atomic E-state index is 0.313. The molecule has 0 aliphatic heterocycles. The van der Waals surface area contributed by atoms with E-state index in [1.54, 1.807) is 24.1 Å². The van der Waals surface area contributed by atoms with E-state index in [1.165, 1.54) is 0 Å². The molecule has 1 aromatic heterocycles. The average Bonchev–Trinajstić information content (AvgIpc) is 2.90. The molecule has 0 aliphatic rings. The lowest BCUT2D eigenvalue weighted by Crippen LogP contribution is -2.08. The summed E-state index contributed by atoms with van der Waals surface area (Å²) in [6.45, 7) is 0.951. The highest BCUT2D eigenvalue weighted by Crippen LogP contribution is 2.19. The topological polar surface area (TPSA) is 53.4 Å². The minimum atomic E-state index is -0.313. The number of aryl methyl sites for hydroxylation is 1. The molecule has 0 N–H and O–H groups in total. The Morgan fingerprint density at radius 1 is 1.30 bits per heavy atom. The predicted molar refractivity (Wildman–Crippen MR) is 75.4 cm³/mol. The van der Waals surface area contributed by atoms with Crippen LogP contribution in [0.3, 0.4) is 0 Å². The summed E-state index contributed by atoms with van der Waals surface area (Å²) in [4.78, 5) is 11.9. The van der Waals surface area contributed by atoms with Crippen LogP contribution in [-0.2, 0) is 16.5 Å². The van der Waals surface area contributed by atoms with Gasteiger partial charge in [0, 0.05) is 38.9 Å². The Balaban J connectivity index is 2.04. The lowest BCUT2D eigenvalue weighted by Gasteiger charge is -2.05. The van der Waals surface area contributed by atoms with Crippen molar-refractivity contribution in [2.45, 2.75) is 6.42 Å². The number of carbonyl (C=O) groups is 1. The van der Waals surface area contributed by atoms with Crippen molar-refractivity contribution in [2.75, 3.05) is 20.3 Å². The second-order valence-electron chi connectivity index (χ2n) is 4.47. The third kappa shape index (κ3) is 3.68. The molecule has 1 heterocycles. The zero-order chi connectivity index (χ0) is 14.4. The van der Waals surface area contributed by atoms with E-state index in [9.17, 15) is 4.79 Å². The summed E-state index contributed by atoms with van der Waals surface area (Å²) in [5.74, 6) is -0.313. The number of esters is 1. The Morgan fingerprint density at radius 2 is 2.15 bits per heavy atom. The fraction of sp³-hybridized carbons (Fsp3) is 0.333. The zero-order valence-electron chi connectivity index (χ0n) is 11.7. The quantitative estimate of drug-likeness (QED) is 0.599. The van der Waals surface area contributed by atoms with E-state index in [1.807, 2.05) is 31.4 Å². The molecular formula is C15H18N2O3. The molecule has 106 valence electrons. The van der Waals surface area contributed by atoms with E-state index < -0.39 is 0 Å². The molecule has 1 aromatic carbocycles. The Morgan fingerprint density at radius 3 is 2.85 bits per heavy atom. The van der Waals surface area contributed by atoms with Gasteiger partial charge in [0.05, 0.1) is 18.4 Å². The Labute approximate surface area is 118 Å². The molecule has 0 saturated carbocycles. The van der Waals surface area contributed by atoms with Crippen LogP contribution in [0.2, 0.25) is 0 Å². The van der Waals surface area contributed by atoms with Gasteiger partial charge in [-0.3, -0.25) is 4.68 Å². The summed E-state index contributed by atoms with van der Waals surface area (Å²) < 4.78 is 11.8. The number of ether oxygens (including phenoxy) is 2. The van der Waals surface area contributed by atoms with Crippen LogP contribution in [-0.4, -0.2) is 36.1 Å². The number of nitrogens with zero attached hydrogens (tertiary/aromatic N) is 2. The molecule has 0 amide bonds. The number of aromatic nitrogens is 2. The van der Waals surface area contributed by atoms with Crippen molar-refractivity contribution in [1.29, 1.82) is 0 Å². The second kappa shape index (κ2) is 6.86. The van der Waals surface area contributed by atoms with Gasteiger partial charge in [0.1, 0.15) is 0 Å². The molecule has 0 radical (unpaired) electrons. The molecule has 2 rings (SSSR count). The van der Waals surface area contributed by atoms with Crippen LogP contribution in [0.15, 0.2) is 36.7 Å². The first-order chi connectivity index (χ1) is 9.70. The number of hydrogen-bond donors (Lipinski definition) is 0. The standard InChI is InChI=1S/C15H18N2O3/c1-17-11-14(10-16-17)12-5-3-6-13(9-12)15(18)20-8-4-7-19-2/h3,5-6,9-11H,4,7-8H2,1-2H3. The molecule has 5 nitrogen and oxygen atoms in total. The molecule has 20 heavy (non-hydrogen) atoms. The van der Waals surface area contributed by atoms with Gasteiger partial charge in [-0.25, -0.2) is 4.79 Å². The van der Waals surface area contributed by atoms with Gasteiger partial charge in [0.25, 0.3) is 0 Å². The lowest BCUT2D eigenvalue weighted by molar-refractivity contribution is 0.0468. The van der Waals surface area contributed by atoms with Crippen molar-refractivity contribution in [3.05, 3.63) is 42.2 Å². The largest absolute Gasteiger partial charge is 0.462 e. The first kappa shape index (κ1) is 14.3. The van der Waals surface area contributed by atoms with Crippen LogP contribution in [0.25, 0.3) is 11.1 Å². The highest BCUT2D eigenvalue weighted by molar-refractivity contribution is 5.91. The molecular weight excluding hydrogens is 256 g/mol. The van der Waals surface area contributed by atoms with Crippen LogP contribution < -0.4 is 0 Å². The summed E-state index contributed by atoms with van der Waals surface area (Å²) >= 11 is 0. The minimum Gasteiger partial charge on any atom is -0.462 e. The number of carbonyl (C=O) groups excluding carboxylic acids is 1. The van der Waals surface area contributed by atoms with Crippen LogP contribution in [0, 0.1) is 0 Å². The molecule has 5 heteroatoms. The fourth-order valence-corrected chi connectivity index (χ4v) is 1.85. The maximum Gasteiger partial charge on any atom is 0.338 e. The molecule has 0 unspecified atom stereocenters. The number of hydrogen-bond acceptors (Lipinski definition) is 4. The van der Waals surface area contributed by atoms with E-state index >= 15 is 0 Å². The smallest absolute Gasteiger partial charge is 0.338 e. The van der Waals surface area contributed by atoms with Crippen molar-refractivity contribution in [3.63, 3.8) is 0 Å². The fourth-order valence-electron chi connectivity index (χ4n) is 1.85. The Kier molecular flexibility index (Phi) is 4.90. The van der Waals surface area contributed by atoms with Gasteiger partial charge < -0.3 is 9.47 Å². The van der Waals surface area contributed by atoms with E-state index in [0.29, 0.717) is 25.2 Å². The maximum atomic E-state index is 11.9. The van der Waals surface area contributed by atoms with Crippen molar-refractivity contribution >= 4 is 5.97 Å². The highest BCUT2D eigenvalue weighted by Gasteiger charge is 2.09. The molecule has 2 aromatic rings. The van der Waals surface area contributed by atoms with Crippen LogP contribution in [0.5, 0.6) is 0 Å². The van der Waals surface area contributed by atoms with Crippen LogP contribution in [0.1, 0.15) is 16.8 Å². The third-order valence-corrected chi connectivity index (χ3v) is 2.86. The van der Waals surface area contributed by atoms with Crippen molar-refractivity contribution < 1.29 is 14.3 Å². The summed E-state index contributed by atoms with van der Waals surface area (Å²) in [6, 6.07) is 7.35. The predicted octanol–water partition coefficient (Wildman–Crippen LogP) is 2.28. The normalized spacial score (nSPS) is 10.5. The Bertz CT molecular complexity index is 578. The SMILES string of the molecule is COCCCOC(=O)c1cccc(-c2cnn(C)c2)c1. The van der Waals surface area contributed by atoms with Gasteiger partial charge >= 0.3 is 5.97 Å². The van der Waals surface area contributed by atoms with E-state index in [0.717, 1.165) is 11.1 Å². The second-order valence-corrected chi connectivity index (χ2v) is 4.47. The first-order valence-corrected chi connectivity index (χ1v) is 6.46. The maximum absolute atomic E-state index is 11.9. The van der Waals surface area contributed by atoms with Gasteiger partial charge in [-0.05, 0) is 17.7 Å². The zero-order valence-corrected chi connectivity index (χ0v) is 11.7. The molecule has 0 bridgehead atoms. The monoisotopic (exact) mass is 274 g/mol. The molecule has 0 spiro atoms. The van der Waals surface area contributed by atoms with Crippen LogP contribution >= 0.6 is 0 Å². The van der Waals surface area contributed by atoms with E-state index in [4.69, 9.17) is 9.47 Å². The number of benzene rings is 1. The van der Waals surface area contributed by atoms with Gasteiger partial charge in [-0.15, -0.1) is 0 Å². The van der Waals surface area contributed by atoms with Gasteiger partial charge in [0.2, 0.25) is 0 Å². The molecule has 0 aliphatic carbocycles. The Hall–Kier alpha value is -2.14. The summed E-state index contributed by atoms with van der Waals surface area (Å²) in [6.07, 6.45) is 4.37. The molecule has 0 fully saturated rings. The van der Waals surface area contributed by atoms with Crippen molar-refractivity contribution in [3.8, 4) is 11.1 Å². The third-order valence-electron chi connectivity index (χ3n) is 2.86. The molecule has 0 saturated heterocycles. The van der Waals surface area contributed by atoms with Gasteiger partial charge in [-0.1, -0.05) is 12.1 Å². The summed E-state index contributed by atoms with van der Waals surface area (Å²) in [5, 5.41) is 4.12. The summed E-state index contributed by atoms with van der Waals surface area (Å²) in [5.41, 5.74) is 2.47. The van der Waals surface area contributed by atoms with Crippen molar-refractivity contribution in [1.82, 2.24) is 9.78 Å². The van der Waals surface area contributed by atoms with Gasteiger partial charge in [-0.2, -0.15) is 5.10 Å². The van der Waals surface area contributed by atoms with E-state index in [2.05, 4.69) is 5.10 Å². The lowest BCUT2D eigenvalue weighted by atomic mass is 10.1. The van der Waals surface area contributed by atoms with Crippen LogP contribution in [0.4, 0.5) is 0 Å². The summed E-state index contributed by atoms with van der Waals surface area (Å²) in [7, 11) is 3.48. The van der Waals surface area contributed by atoms with E-state index in [-0.39, 0.29) is 5.97 Å². The van der Waals surface area contributed by atoms with Crippen molar-refractivity contribution in [2.24, 2.45) is 7.05 Å². The highest BCUT2D eigenvalue weighted by atomic mass is 16.5. The average molecular weight is 274 g/mol. The van der Waals surface area contributed by atoms with Gasteiger partial charge in [0.15, 0.2) is 0 Å². The number of rotatable bonds is 6. The first-order valence-electron chi connectivity index (χ1n) is 6.46. The molecule has 0 atom stereocenters. The number of methoxy groups -OCH3 is 1.